The van der Waals surface area contributed by atoms with E-state index in [4.69, 9.17) is 4.74 Å². The molecule has 2 N–H and O–H groups in total. The summed E-state index contributed by atoms with van der Waals surface area (Å²) in [5, 5.41) is 34.2. The predicted octanol–water partition coefficient (Wildman–Crippen LogP) is 2.79. The SMILES string of the molecule is CCOC(=O)[C@H](Cc1ccc(O)cc1)Nc1ccc([N+](=O)[O-])cc1[N+](=O)[O-]. The molecule has 0 aliphatic rings. The fraction of sp³-hybridized carbons (Fsp3) is 0.235. The lowest BCUT2D eigenvalue weighted by molar-refractivity contribution is -0.393. The number of nitrogens with one attached hydrogen (secondary N) is 1. The summed E-state index contributed by atoms with van der Waals surface area (Å²) in [6.45, 7) is 1.75. The highest BCUT2D eigenvalue weighted by Crippen LogP contribution is 2.30. The number of hydrogen-bond acceptors (Lipinski definition) is 8. The second kappa shape index (κ2) is 8.61. The Bertz CT molecular complexity index is 852. The summed E-state index contributed by atoms with van der Waals surface area (Å²) < 4.78 is 5.01. The van der Waals surface area contributed by atoms with Crippen LogP contribution in [0.25, 0.3) is 0 Å². The molecule has 0 bridgehead atoms. The maximum absolute atomic E-state index is 12.3. The molecule has 2 aromatic carbocycles. The van der Waals surface area contributed by atoms with Crippen LogP contribution in [-0.2, 0) is 16.0 Å². The molecule has 10 nitrogen and oxygen atoms in total. The van der Waals surface area contributed by atoms with Crippen molar-refractivity contribution in [2.75, 3.05) is 11.9 Å². The van der Waals surface area contributed by atoms with Crippen LogP contribution in [0, 0.1) is 20.2 Å². The monoisotopic (exact) mass is 375 g/mol. The van der Waals surface area contributed by atoms with Crippen LogP contribution >= 0.6 is 0 Å². The zero-order valence-electron chi connectivity index (χ0n) is 14.3. The van der Waals surface area contributed by atoms with Gasteiger partial charge in [-0.2, -0.15) is 0 Å². The van der Waals surface area contributed by atoms with E-state index in [9.17, 15) is 30.1 Å². The van der Waals surface area contributed by atoms with Gasteiger partial charge in [0.05, 0.1) is 22.5 Å². The number of esters is 1. The van der Waals surface area contributed by atoms with Gasteiger partial charge in [0, 0.05) is 12.5 Å². The topological polar surface area (TPSA) is 145 Å². The number of carbonyl (C=O) groups excluding carboxylic acids is 1. The fourth-order valence-electron chi connectivity index (χ4n) is 2.40. The first-order valence-electron chi connectivity index (χ1n) is 7.95. The minimum absolute atomic E-state index is 0.0394. The van der Waals surface area contributed by atoms with Gasteiger partial charge in [-0.1, -0.05) is 12.1 Å². The van der Waals surface area contributed by atoms with Gasteiger partial charge in [0.2, 0.25) is 0 Å². The van der Waals surface area contributed by atoms with Crippen molar-refractivity contribution >= 4 is 23.0 Å². The molecular formula is C17H17N3O7. The van der Waals surface area contributed by atoms with Crippen molar-refractivity contribution in [2.45, 2.75) is 19.4 Å². The summed E-state index contributed by atoms with van der Waals surface area (Å²) in [4.78, 5) is 32.9. The largest absolute Gasteiger partial charge is 0.508 e. The summed E-state index contributed by atoms with van der Waals surface area (Å²) >= 11 is 0. The van der Waals surface area contributed by atoms with Gasteiger partial charge in [-0.3, -0.25) is 20.2 Å². The lowest BCUT2D eigenvalue weighted by atomic mass is 10.0. The Hall–Kier alpha value is -3.69. The van der Waals surface area contributed by atoms with Crippen molar-refractivity contribution in [3.8, 4) is 5.75 Å². The van der Waals surface area contributed by atoms with Crippen LogP contribution < -0.4 is 5.32 Å². The summed E-state index contributed by atoms with van der Waals surface area (Å²) in [5.41, 5.74) is -0.312. The van der Waals surface area contributed by atoms with Gasteiger partial charge in [0.25, 0.3) is 11.4 Å². The van der Waals surface area contributed by atoms with E-state index in [1.54, 1.807) is 19.1 Å². The molecule has 0 radical (unpaired) electrons. The highest BCUT2D eigenvalue weighted by molar-refractivity contribution is 5.81. The van der Waals surface area contributed by atoms with Crippen molar-refractivity contribution in [3.63, 3.8) is 0 Å². The standard InChI is InChI=1S/C17H17N3O7/c1-2-27-17(22)15(9-11-3-6-13(21)7-4-11)18-14-8-5-12(19(23)24)10-16(14)20(25)26/h3-8,10,15,18,21H,2,9H2,1H3/t15-/m0/s1. The Morgan fingerprint density at radius 2 is 1.81 bits per heavy atom. The number of non-ortho nitro benzene ring substituents is 1. The molecule has 0 aliphatic heterocycles. The van der Waals surface area contributed by atoms with Gasteiger partial charge < -0.3 is 15.2 Å². The molecule has 142 valence electrons. The lowest BCUT2D eigenvalue weighted by Gasteiger charge is -2.18. The number of phenolic OH excluding ortho intramolecular Hbond substituents is 1. The van der Waals surface area contributed by atoms with E-state index in [0.717, 1.165) is 12.1 Å². The number of hydrogen-bond donors (Lipinski definition) is 2. The van der Waals surface area contributed by atoms with Crippen LogP contribution in [0.2, 0.25) is 0 Å². The van der Waals surface area contributed by atoms with Crippen molar-refractivity contribution in [3.05, 3.63) is 68.3 Å². The summed E-state index contributed by atoms with van der Waals surface area (Å²) in [6, 6.07) is 8.26. The van der Waals surface area contributed by atoms with Gasteiger partial charge in [0.1, 0.15) is 17.5 Å². The van der Waals surface area contributed by atoms with E-state index >= 15 is 0 Å². The summed E-state index contributed by atoms with van der Waals surface area (Å²) in [5.74, 6) is -0.566. The minimum atomic E-state index is -0.963. The maximum atomic E-state index is 12.3. The molecule has 0 fully saturated rings. The van der Waals surface area contributed by atoms with E-state index in [1.807, 2.05) is 0 Å². The van der Waals surface area contributed by atoms with E-state index in [1.165, 1.54) is 18.2 Å². The Kier molecular flexibility index (Phi) is 6.26. The third-order valence-electron chi connectivity index (χ3n) is 3.67. The smallest absolute Gasteiger partial charge is 0.328 e. The number of phenols is 1. The summed E-state index contributed by atoms with van der Waals surface area (Å²) in [6.07, 6.45) is 0.132. The van der Waals surface area contributed by atoms with Gasteiger partial charge in [-0.15, -0.1) is 0 Å². The molecule has 2 aromatic rings. The Morgan fingerprint density at radius 1 is 1.15 bits per heavy atom. The molecule has 0 aliphatic carbocycles. The van der Waals surface area contributed by atoms with Crippen molar-refractivity contribution in [1.82, 2.24) is 0 Å². The number of anilines is 1. The number of nitro benzene ring substituents is 2. The second-order valence-electron chi connectivity index (χ2n) is 5.54. The molecule has 0 heterocycles. The van der Waals surface area contributed by atoms with Gasteiger partial charge in [-0.25, -0.2) is 4.79 Å². The molecule has 0 spiro atoms. The van der Waals surface area contributed by atoms with Gasteiger partial charge in [-0.05, 0) is 30.7 Å². The van der Waals surface area contributed by atoms with Gasteiger partial charge >= 0.3 is 5.97 Å². The van der Waals surface area contributed by atoms with Crippen LogP contribution in [-0.4, -0.2) is 33.6 Å². The average Bonchev–Trinajstić information content (AvgIpc) is 2.63. The van der Waals surface area contributed by atoms with E-state index in [2.05, 4.69) is 5.32 Å². The maximum Gasteiger partial charge on any atom is 0.328 e. The third kappa shape index (κ3) is 5.14. The molecule has 1 atom stereocenters. The molecule has 2 rings (SSSR count). The number of carbonyl (C=O) groups is 1. The number of ether oxygens (including phenoxy) is 1. The highest BCUT2D eigenvalue weighted by Gasteiger charge is 2.26. The molecule has 0 saturated heterocycles. The van der Waals surface area contributed by atoms with Crippen LogP contribution in [0.1, 0.15) is 12.5 Å². The number of nitro groups is 2. The molecule has 0 amide bonds. The number of aromatic hydroxyl groups is 1. The Balaban J connectivity index is 2.33. The first kappa shape index (κ1) is 19.6. The molecule has 10 heteroatoms. The second-order valence-corrected chi connectivity index (χ2v) is 5.54. The van der Waals surface area contributed by atoms with Crippen molar-refractivity contribution < 1.29 is 24.5 Å². The van der Waals surface area contributed by atoms with E-state index in [0.29, 0.717) is 5.56 Å². The minimum Gasteiger partial charge on any atom is -0.508 e. The normalized spacial score (nSPS) is 11.4. The lowest BCUT2D eigenvalue weighted by Crippen LogP contribution is -2.33. The highest BCUT2D eigenvalue weighted by atomic mass is 16.6. The molecule has 0 unspecified atom stereocenters. The Labute approximate surface area is 153 Å². The molecular weight excluding hydrogens is 358 g/mol. The molecule has 0 aromatic heterocycles. The van der Waals surface area contributed by atoms with E-state index in [-0.39, 0.29) is 24.5 Å². The first-order chi connectivity index (χ1) is 12.8. The molecule has 27 heavy (non-hydrogen) atoms. The van der Waals surface area contributed by atoms with Crippen LogP contribution in [0.15, 0.2) is 42.5 Å². The van der Waals surface area contributed by atoms with Crippen molar-refractivity contribution in [2.24, 2.45) is 0 Å². The zero-order valence-corrected chi connectivity index (χ0v) is 14.3. The first-order valence-corrected chi connectivity index (χ1v) is 7.95. The predicted molar refractivity (Wildman–Crippen MR) is 95.6 cm³/mol. The summed E-state index contributed by atoms with van der Waals surface area (Å²) in [7, 11) is 0. The number of rotatable bonds is 8. The quantitative estimate of drug-likeness (QED) is 0.407. The Morgan fingerprint density at radius 3 is 2.37 bits per heavy atom. The molecule has 0 saturated carbocycles. The van der Waals surface area contributed by atoms with E-state index < -0.39 is 33.2 Å². The number of nitrogens with zero attached hydrogens (tertiary/aromatic N) is 2. The van der Waals surface area contributed by atoms with Crippen LogP contribution in [0.5, 0.6) is 5.75 Å². The van der Waals surface area contributed by atoms with Crippen LogP contribution in [0.4, 0.5) is 17.1 Å². The zero-order chi connectivity index (χ0) is 20.0. The average molecular weight is 375 g/mol. The van der Waals surface area contributed by atoms with Crippen molar-refractivity contribution in [1.29, 1.82) is 0 Å². The fourth-order valence-corrected chi connectivity index (χ4v) is 2.40. The number of benzene rings is 2. The van der Waals surface area contributed by atoms with Crippen LogP contribution in [0.3, 0.4) is 0 Å². The third-order valence-corrected chi connectivity index (χ3v) is 3.67. The van der Waals surface area contributed by atoms with Gasteiger partial charge in [0.15, 0.2) is 0 Å².